The fourth-order valence-corrected chi connectivity index (χ4v) is 4.79. The standard InChI is InChI=1S/C10H10Cl2O5S2/c1-19(16,17)7-3-2-6(10(13)14)8(12)9(7)18(15)5-4-11/h2-3H,4-5H2,1H3,(H,13,14). The second kappa shape index (κ2) is 6.21. The van der Waals surface area contributed by atoms with Crippen molar-refractivity contribution in [1.29, 1.82) is 0 Å². The van der Waals surface area contributed by atoms with Gasteiger partial charge in [-0.15, -0.1) is 11.6 Å². The molecule has 0 amide bonds. The predicted octanol–water partition coefficient (Wildman–Crippen LogP) is 1.79. The molecule has 0 radical (unpaired) electrons. The Morgan fingerprint density at radius 1 is 1.42 bits per heavy atom. The molecule has 1 N–H and O–H groups in total. The molecule has 0 saturated heterocycles. The third-order valence-corrected chi connectivity index (χ3v) is 5.82. The van der Waals surface area contributed by atoms with Crippen LogP contribution in [0.5, 0.6) is 0 Å². The zero-order valence-corrected chi connectivity index (χ0v) is 12.9. The number of hydrogen-bond acceptors (Lipinski definition) is 4. The van der Waals surface area contributed by atoms with Crippen LogP contribution < -0.4 is 0 Å². The molecular formula is C10H10Cl2O5S2. The van der Waals surface area contributed by atoms with Crippen molar-refractivity contribution in [3.05, 3.63) is 22.7 Å². The third kappa shape index (κ3) is 3.68. The largest absolute Gasteiger partial charge is 0.478 e. The minimum absolute atomic E-state index is 0.0210. The minimum atomic E-state index is -3.68. The molecule has 0 spiro atoms. The van der Waals surface area contributed by atoms with Gasteiger partial charge < -0.3 is 5.11 Å². The van der Waals surface area contributed by atoms with Gasteiger partial charge in [0.2, 0.25) is 0 Å². The molecule has 1 unspecified atom stereocenters. The van der Waals surface area contributed by atoms with Gasteiger partial charge in [-0.3, -0.25) is 4.21 Å². The summed E-state index contributed by atoms with van der Waals surface area (Å²) < 4.78 is 35.2. The van der Waals surface area contributed by atoms with Gasteiger partial charge in [0.1, 0.15) is 0 Å². The smallest absolute Gasteiger partial charge is 0.337 e. The van der Waals surface area contributed by atoms with Crippen LogP contribution >= 0.6 is 23.2 Å². The normalized spacial score (nSPS) is 13.2. The molecule has 106 valence electrons. The molecule has 0 bridgehead atoms. The predicted molar refractivity (Wildman–Crippen MR) is 73.5 cm³/mol. The summed E-state index contributed by atoms with van der Waals surface area (Å²) in [5.41, 5.74) is -0.299. The molecule has 5 nitrogen and oxygen atoms in total. The van der Waals surface area contributed by atoms with Crippen LogP contribution in [-0.2, 0) is 20.6 Å². The molecule has 9 heteroatoms. The molecule has 1 aromatic carbocycles. The lowest BCUT2D eigenvalue weighted by Crippen LogP contribution is -2.11. The summed E-state index contributed by atoms with van der Waals surface area (Å²) >= 11 is 11.3. The maximum atomic E-state index is 12.0. The van der Waals surface area contributed by atoms with Crippen LogP contribution in [0.3, 0.4) is 0 Å². The number of carboxylic acid groups (broad SMARTS) is 1. The molecule has 19 heavy (non-hydrogen) atoms. The molecule has 0 aromatic heterocycles. The lowest BCUT2D eigenvalue weighted by molar-refractivity contribution is 0.0696. The highest BCUT2D eigenvalue weighted by Gasteiger charge is 2.25. The first kappa shape index (κ1) is 16.4. The number of rotatable bonds is 5. The first-order valence-electron chi connectivity index (χ1n) is 4.90. The van der Waals surface area contributed by atoms with Gasteiger partial charge in [-0.05, 0) is 12.1 Å². The van der Waals surface area contributed by atoms with Crippen molar-refractivity contribution in [3.8, 4) is 0 Å². The van der Waals surface area contributed by atoms with E-state index in [1.807, 2.05) is 0 Å². The Morgan fingerprint density at radius 2 is 2.00 bits per heavy atom. The van der Waals surface area contributed by atoms with Gasteiger partial charge in [0.15, 0.2) is 9.84 Å². The van der Waals surface area contributed by atoms with Crippen LogP contribution in [0.25, 0.3) is 0 Å². The first-order chi connectivity index (χ1) is 8.70. The summed E-state index contributed by atoms with van der Waals surface area (Å²) in [5, 5.41) is 8.60. The number of carbonyl (C=O) groups is 1. The van der Waals surface area contributed by atoms with E-state index in [1.165, 1.54) is 0 Å². The number of hydrogen-bond donors (Lipinski definition) is 1. The Labute approximate surface area is 122 Å². The molecule has 1 atom stereocenters. The molecule has 0 fully saturated rings. The topological polar surface area (TPSA) is 88.5 Å². The van der Waals surface area contributed by atoms with Crippen molar-refractivity contribution in [2.75, 3.05) is 17.9 Å². The number of benzene rings is 1. The average molecular weight is 345 g/mol. The van der Waals surface area contributed by atoms with E-state index in [1.54, 1.807) is 0 Å². The van der Waals surface area contributed by atoms with Crippen molar-refractivity contribution in [2.45, 2.75) is 9.79 Å². The van der Waals surface area contributed by atoms with Gasteiger partial charge in [0, 0.05) is 17.9 Å². The highest BCUT2D eigenvalue weighted by Crippen LogP contribution is 2.31. The third-order valence-electron chi connectivity index (χ3n) is 2.18. The molecule has 0 aliphatic heterocycles. The molecular weight excluding hydrogens is 335 g/mol. The maximum Gasteiger partial charge on any atom is 0.337 e. The SMILES string of the molecule is CS(=O)(=O)c1ccc(C(=O)O)c(Cl)c1S(=O)CCCl. The molecule has 0 heterocycles. The fourth-order valence-electron chi connectivity index (χ4n) is 1.38. The van der Waals surface area contributed by atoms with Crippen molar-refractivity contribution >= 4 is 49.8 Å². The van der Waals surface area contributed by atoms with Gasteiger partial charge in [-0.25, -0.2) is 13.2 Å². The van der Waals surface area contributed by atoms with E-state index in [0.717, 1.165) is 18.4 Å². The first-order valence-corrected chi connectivity index (χ1v) is 9.02. The second-order valence-electron chi connectivity index (χ2n) is 3.57. The summed E-state index contributed by atoms with van der Waals surface area (Å²) in [6, 6.07) is 2.16. The van der Waals surface area contributed by atoms with Crippen LogP contribution in [0.15, 0.2) is 21.9 Å². The lowest BCUT2D eigenvalue weighted by atomic mass is 10.2. The Morgan fingerprint density at radius 3 is 2.42 bits per heavy atom. The second-order valence-corrected chi connectivity index (χ2v) is 7.82. The van der Waals surface area contributed by atoms with Crippen LogP contribution in [0.2, 0.25) is 5.02 Å². The molecule has 0 aliphatic rings. The van der Waals surface area contributed by atoms with Crippen LogP contribution in [0, 0.1) is 0 Å². The number of carboxylic acids is 1. The monoisotopic (exact) mass is 344 g/mol. The summed E-state index contributed by atoms with van der Waals surface area (Å²) in [7, 11) is -5.46. The van der Waals surface area contributed by atoms with Crippen molar-refractivity contribution in [1.82, 2.24) is 0 Å². The van der Waals surface area contributed by atoms with Gasteiger partial charge in [-0.1, -0.05) is 11.6 Å². The Hall–Kier alpha value is -0.630. The molecule has 0 saturated carbocycles. The zero-order chi connectivity index (χ0) is 14.8. The Balaban J connectivity index is 3.65. The maximum absolute atomic E-state index is 12.0. The number of alkyl halides is 1. The zero-order valence-electron chi connectivity index (χ0n) is 9.72. The van der Waals surface area contributed by atoms with Gasteiger partial charge >= 0.3 is 5.97 Å². The van der Waals surface area contributed by atoms with E-state index in [0.29, 0.717) is 0 Å². The van der Waals surface area contributed by atoms with E-state index in [9.17, 15) is 17.4 Å². The van der Waals surface area contributed by atoms with Crippen LogP contribution in [0.1, 0.15) is 10.4 Å². The Kier molecular flexibility index (Phi) is 5.37. The van der Waals surface area contributed by atoms with Gasteiger partial charge in [0.25, 0.3) is 0 Å². The van der Waals surface area contributed by atoms with Crippen molar-refractivity contribution in [2.24, 2.45) is 0 Å². The van der Waals surface area contributed by atoms with Crippen molar-refractivity contribution < 1.29 is 22.5 Å². The van der Waals surface area contributed by atoms with E-state index in [-0.39, 0.29) is 32.0 Å². The summed E-state index contributed by atoms with van der Waals surface area (Å²) in [5.74, 6) is -1.31. The number of halogens is 2. The number of sulfone groups is 1. The van der Waals surface area contributed by atoms with E-state index < -0.39 is 26.6 Å². The highest BCUT2D eigenvalue weighted by molar-refractivity contribution is 7.92. The van der Waals surface area contributed by atoms with Crippen molar-refractivity contribution in [3.63, 3.8) is 0 Å². The average Bonchev–Trinajstić information content (AvgIpc) is 2.26. The van der Waals surface area contributed by atoms with Crippen LogP contribution in [0.4, 0.5) is 0 Å². The van der Waals surface area contributed by atoms with E-state index in [2.05, 4.69) is 0 Å². The quantitative estimate of drug-likeness (QED) is 0.822. The highest BCUT2D eigenvalue weighted by atomic mass is 35.5. The van der Waals surface area contributed by atoms with E-state index in [4.69, 9.17) is 28.3 Å². The number of aromatic carboxylic acids is 1. The summed E-state index contributed by atoms with van der Waals surface area (Å²) in [6.45, 7) is 0. The molecule has 0 aliphatic carbocycles. The fraction of sp³-hybridized carbons (Fsp3) is 0.300. The lowest BCUT2D eigenvalue weighted by Gasteiger charge is -2.11. The van der Waals surface area contributed by atoms with Gasteiger partial charge in [0.05, 0.1) is 31.2 Å². The van der Waals surface area contributed by atoms with Crippen LogP contribution in [-0.4, -0.2) is 41.6 Å². The Bertz CT molecular complexity index is 640. The molecule has 1 aromatic rings. The molecule has 1 rings (SSSR count). The van der Waals surface area contributed by atoms with Gasteiger partial charge in [-0.2, -0.15) is 0 Å². The summed E-state index contributed by atoms with van der Waals surface area (Å²) in [4.78, 5) is 10.5. The van der Waals surface area contributed by atoms with E-state index >= 15 is 0 Å². The summed E-state index contributed by atoms with van der Waals surface area (Å²) in [6.07, 6.45) is 0.931. The minimum Gasteiger partial charge on any atom is -0.478 e.